The number of benzene rings is 1. The van der Waals surface area contributed by atoms with Crippen molar-refractivity contribution in [1.82, 2.24) is 14.7 Å². The number of fused-ring (bicyclic) bond motifs is 1. The van der Waals surface area contributed by atoms with Gasteiger partial charge < -0.3 is 19.3 Å². The fraction of sp³-hybridized carbons (Fsp3) is 0.625. The molecule has 3 aliphatic heterocycles. The SMILES string of the molecule is CCC(C)(C)C(=O)C(=O)N1CCCC1C(=O)N1CCN(Cc2ccc3c(c2)OCO3)CC1. The highest BCUT2D eigenvalue weighted by Gasteiger charge is 2.42. The summed E-state index contributed by atoms with van der Waals surface area (Å²) >= 11 is 0. The zero-order chi connectivity index (χ0) is 22.9. The zero-order valence-corrected chi connectivity index (χ0v) is 19.3. The molecule has 0 bridgehead atoms. The van der Waals surface area contributed by atoms with Crippen LogP contribution in [0.25, 0.3) is 0 Å². The highest BCUT2D eigenvalue weighted by Crippen LogP contribution is 2.33. The standard InChI is InChI=1S/C24H33N3O5/c1-4-24(2,3)21(28)23(30)27-9-5-6-18(27)22(29)26-12-10-25(11-13-26)15-17-7-8-19-20(14-17)32-16-31-19/h7-8,14,18H,4-6,9-13,15-16H2,1-3H3. The number of hydrogen-bond donors (Lipinski definition) is 0. The van der Waals surface area contributed by atoms with Crippen LogP contribution in [0.5, 0.6) is 11.5 Å². The molecule has 2 fully saturated rings. The van der Waals surface area contributed by atoms with Gasteiger partial charge in [-0.15, -0.1) is 0 Å². The molecule has 32 heavy (non-hydrogen) atoms. The summed E-state index contributed by atoms with van der Waals surface area (Å²) in [4.78, 5) is 44.4. The number of Topliss-reactive ketones (excluding diaryl/α,β-unsaturated/α-hetero) is 1. The van der Waals surface area contributed by atoms with E-state index in [0.717, 1.165) is 43.1 Å². The first-order chi connectivity index (χ1) is 15.3. The Bertz CT molecular complexity index is 892. The summed E-state index contributed by atoms with van der Waals surface area (Å²) in [5, 5.41) is 0. The molecule has 2 saturated heterocycles. The van der Waals surface area contributed by atoms with Gasteiger partial charge in [0.25, 0.3) is 5.91 Å². The van der Waals surface area contributed by atoms with Crippen LogP contribution in [0.4, 0.5) is 0 Å². The van der Waals surface area contributed by atoms with Gasteiger partial charge in [0.2, 0.25) is 18.5 Å². The van der Waals surface area contributed by atoms with Gasteiger partial charge in [0.1, 0.15) is 6.04 Å². The van der Waals surface area contributed by atoms with Crippen LogP contribution in [-0.4, -0.2) is 77.9 Å². The quantitative estimate of drug-likeness (QED) is 0.626. The molecule has 2 amide bonds. The van der Waals surface area contributed by atoms with Gasteiger partial charge in [0.05, 0.1) is 0 Å². The lowest BCUT2D eigenvalue weighted by Crippen LogP contribution is -2.55. The Kier molecular flexibility index (Phi) is 6.42. The third-order valence-corrected chi connectivity index (χ3v) is 7.02. The Labute approximate surface area is 189 Å². The van der Waals surface area contributed by atoms with E-state index >= 15 is 0 Å². The summed E-state index contributed by atoms with van der Waals surface area (Å²) in [7, 11) is 0. The van der Waals surface area contributed by atoms with Gasteiger partial charge in [-0.2, -0.15) is 0 Å². The molecule has 1 unspecified atom stereocenters. The van der Waals surface area contributed by atoms with E-state index in [1.54, 1.807) is 13.8 Å². The van der Waals surface area contributed by atoms with Crippen LogP contribution >= 0.6 is 0 Å². The van der Waals surface area contributed by atoms with Gasteiger partial charge in [-0.3, -0.25) is 19.3 Å². The van der Waals surface area contributed by atoms with E-state index in [2.05, 4.69) is 4.90 Å². The fourth-order valence-electron chi connectivity index (χ4n) is 4.48. The molecule has 8 nitrogen and oxygen atoms in total. The van der Waals surface area contributed by atoms with E-state index in [1.165, 1.54) is 4.90 Å². The van der Waals surface area contributed by atoms with Crippen molar-refractivity contribution in [3.63, 3.8) is 0 Å². The summed E-state index contributed by atoms with van der Waals surface area (Å²) in [6.45, 7) is 9.79. The number of carbonyl (C=O) groups is 3. The van der Waals surface area contributed by atoms with Gasteiger partial charge in [0.15, 0.2) is 11.5 Å². The maximum Gasteiger partial charge on any atom is 0.291 e. The third-order valence-electron chi connectivity index (χ3n) is 7.02. The Hall–Kier alpha value is -2.61. The fourth-order valence-corrected chi connectivity index (χ4v) is 4.48. The number of piperazine rings is 1. The molecule has 0 spiro atoms. The molecule has 8 heteroatoms. The molecular formula is C24H33N3O5. The largest absolute Gasteiger partial charge is 0.454 e. The van der Waals surface area contributed by atoms with Crippen LogP contribution in [0.15, 0.2) is 18.2 Å². The second-order valence-electron chi connectivity index (χ2n) is 9.51. The molecule has 0 aliphatic carbocycles. The van der Waals surface area contributed by atoms with Crippen LogP contribution in [-0.2, 0) is 20.9 Å². The van der Waals surface area contributed by atoms with Crippen LogP contribution in [0.1, 0.15) is 45.6 Å². The van der Waals surface area contributed by atoms with Crippen molar-refractivity contribution in [3.8, 4) is 11.5 Å². The molecule has 0 aromatic heterocycles. The van der Waals surface area contributed by atoms with E-state index in [-0.39, 0.29) is 12.7 Å². The summed E-state index contributed by atoms with van der Waals surface area (Å²) in [6.07, 6.45) is 1.98. The predicted molar refractivity (Wildman–Crippen MR) is 118 cm³/mol. The lowest BCUT2D eigenvalue weighted by molar-refractivity contribution is -0.153. The number of nitrogens with zero attached hydrogens (tertiary/aromatic N) is 3. The van der Waals surface area contributed by atoms with E-state index in [1.807, 2.05) is 30.0 Å². The van der Waals surface area contributed by atoms with Crippen molar-refractivity contribution < 1.29 is 23.9 Å². The first-order valence-corrected chi connectivity index (χ1v) is 11.5. The Morgan fingerprint density at radius 2 is 1.75 bits per heavy atom. The lowest BCUT2D eigenvalue weighted by Gasteiger charge is -2.37. The average Bonchev–Trinajstić information content (AvgIpc) is 3.47. The smallest absolute Gasteiger partial charge is 0.291 e. The van der Waals surface area contributed by atoms with Gasteiger partial charge in [-0.05, 0) is 37.0 Å². The maximum atomic E-state index is 13.2. The van der Waals surface area contributed by atoms with Crippen molar-refractivity contribution in [2.24, 2.45) is 5.41 Å². The second-order valence-corrected chi connectivity index (χ2v) is 9.51. The molecular weight excluding hydrogens is 410 g/mol. The third kappa shape index (κ3) is 4.46. The highest BCUT2D eigenvalue weighted by molar-refractivity contribution is 6.38. The number of hydrogen-bond acceptors (Lipinski definition) is 6. The summed E-state index contributed by atoms with van der Waals surface area (Å²) in [5.41, 5.74) is 0.451. The Morgan fingerprint density at radius 3 is 2.47 bits per heavy atom. The molecule has 0 radical (unpaired) electrons. The van der Waals surface area contributed by atoms with Crippen LogP contribution < -0.4 is 9.47 Å². The van der Waals surface area contributed by atoms with Crippen molar-refractivity contribution >= 4 is 17.6 Å². The Morgan fingerprint density at radius 1 is 1.03 bits per heavy atom. The number of carbonyl (C=O) groups excluding carboxylic acids is 3. The molecule has 3 aliphatic rings. The first-order valence-electron chi connectivity index (χ1n) is 11.5. The molecule has 0 saturated carbocycles. The summed E-state index contributed by atoms with van der Waals surface area (Å²) in [6, 6.07) is 5.47. The Balaban J connectivity index is 1.32. The normalized spacial score (nSPS) is 21.2. The van der Waals surface area contributed by atoms with E-state index < -0.39 is 23.1 Å². The van der Waals surface area contributed by atoms with Gasteiger partial charge in [0, 0.05) is 44.7 Å². The van der Waals surface area contributed by atoms with E-state index in [0.29, 0.717) is 32.5 Å². The number of ether oxygens (including phenoxy) is 2. The molecule has 1 atom stereocenters. The van der Waals surface area contributed by atoms with Crippen molar-refractivity contribution in [3.05, 3.63) is 23.8 Å². The average molecular weight is 444 g/mol. The topological polar surface area (TPSA) is 79.4 Å². The zero-order valence-electron chi connectivity index (χ0n) is 19.3. The number of rotatable bonds is 6. The second kappa shape index (κ2) is 9.10. The molecule has 1 aromatic carbocycles. The minimum absolute atomic E-state index is 0.0271. The monoisotopic (exact) mass is 443 g/mol. The van der Waals surface area contributed by atoms with Gasteiger partial charge in [-0.1, -0.05) is 26.8 Å². The molecule has 4 rings (SSSR count). The van der Waals surface area contributed by atoms with Gasteiger partial charge in [-0.25, -0.2) is 0 Å². The summed E-state index contributed by atoms with van der Waals surface area (Å²) in [5.74, 6) is 0.631. The number of ketones is 1. The summed E-state index contributed by atoms with van der Waals surface area (Å²) < 4.78 is 10.8. The van der Waals surface area contributed by atoms with Crippen molar-refractivity contribution in [2.45, 2.75) is 52.6 Å². The highest BCUT2D eigenvalue weighted by atomic mass is 16.7. The number of amides is 2. The minimum Gasteiger partial charge on any atom is -0.454 e. The molecule has 0 N–H and O–H groups in total. The van der Waals surface area contributed by atoms with Crippen LogP contribution in [0, 0.1) is 5.41 Å². The van der Waals surface area contributed by atoms with Crippen molar-refractivity contribution in [2.75, 3.05) is 39.5 Å². The van der Waals surface area contributed by atoms with Crippen LogP contribution in [0.2, 0.25) is 0 Å². The van der Waals surface area contributed by atoms with Crippen LogP contribution in [0.3, 0.4) is 0 Å². The molecule has 174 valence electrons. The van der Waals surface area contributed by atoms with E-state index in [9.17, 15) is 14.4 Å². The van der Waals surface area contributed by atoms with Gasteiger partial charge >= 0.3 is 0 Å². The first kappa shape index (κ1) is 22.6. The van der Waals surface area contributed by atoms with Crippen molar-refractivity contribution in [1.29, 1.82) is 0 Å². The van der Waals surface area contributed by atoms with E-state index in [4.69, 9.17) is 9.47 Å². The maximum absolute atomic E-state index is 13.2. The predicted octanol–water partition coefficient (Wildman–Crippen LogP) is 2.06. The minimum atomic E-state index is -0.701. The number of likely N-dealkylation sites (tertiary alicyclic amines) is 1. The molecule has 1 aromatic rings. The lowest BCUT2D eigenvalue weighted by atomic mass is 9.84. The molecule has 3 heterocycles.